The van der Waals surface area contributed by atoms with Crippen LogP contribution in [0.3, 0.4) is 0 Å². The minimum absolute atomic E-state index is 0.760. The molecule has 0 aromatic carbocycles. The fourth-order valence-corrected chi connectivity index (χ4v) is 1.40. The average molecular weight is 240 g/mol. The highest BCUT2D eigenvalue weighted by molar-refractivity contribution is 5.02. The minimum Gasteiger partial charge on any atom is -0.379 e. The predicted octanol–water partition coefficient (Wildman–Crippen LogP) is 0.571. The molecule has 0 unspecified atom stereocenters. The maximum absolute atomic E-state index is 5.48. The highest BCUT2D eigenvalue weighted by atomic mass is 16.5. The van der Waals surface area contributed by atoms with Crippen LogP contribution in [0, 0.1) is 0 Å². The van der Waals surface area contributed by atoms with Gasteiger partial charge in [0.25, 0.3) is 0 Å². The summed E-state index contributed by atoms with van der Waals surface area (Å²) in [6, 6.07) is 0. The standard InChI is InChI=1S/C12H24N4O/c1-4-16-11-12(10-14-16)9-13-5-7-17-8-6-15(2)3/h10-11,13H,4-9H2,1-3H3. The fraction of sp³-hybridized carbons (Fsp3) is 0.750. The van der Waals surface area contributed by atoms with E-state index in [2.05, 4.69) is 28.4 Å². The van der Waals surface area contributed by atoms with Gasteiger partial charge in [-0.3, -0.25) is 4.68 Å². The summed E-state index contributed by atoms with van der Waals surface area (Å²) in [6.07, 6.45) is 3.98. The second-order valence-electron chi connectivity index (χ2n) is 4.30. The molecule has 0 radical (unpaired) electrons. The van der Waals surface area contributed by atoms with Crippen molar-refractivity contribution >= 4 is 0 Å². The van der Waals surface area contributed by atoms with Gasteiger partial charge in [-0.25, -0.2) is 0 Å². The number of ether oxygens (including phenoxy) is 1. The van der Waals surface area contributed by atoms with Crippen molar-refractivity contribution in [3.63, 3.8) is 0 Å². The molecule has 0 saturated heterocycles. The molecule has 5 nitrogen and oxygen atoms in total. The predicted molar refractivity (Wildman–Crippen MR) is 69.0 cm³/mol. The van der Waals surface area contributed by atoms with E-state index in [4.69, 9.17) is 4.74 Å². The van der Waals surface area contributed by atoms with Crippen LogP contribution < -0.4 is 5.32 Å². The van der Waals surface area contributed by atoms with Crippen LogP contribution in [-0.4, -0.2) is 55.1 Å². The summed E-state index contributed by atoms with van der Waals surface area (Å²) < 4.78 is 7.42. The van der Waals surface area contributed by atoms with Gasteiger partial charge in [-0.15, -0.1) is 0 Å². The van der Waals surface area contributed by atoms with E-state index in [1.165, 1.54) is 5.56 Å². The average Bonchev–Trinajstić information content (AvgIpc) is 2.75. The molecule has 98 valence electrons. The van der Waals surface area contributed by atoms with Crippen molar-refractivity contribution in [1.82, 2.24) is 20.0 Å². The third-order valence-electron chi connectivity index (χ3n) is 2.45. The zero-order chi connectivity index (χ0) is 12.5. The normalized spacial score (nSPS) is 11.3. The summed E-state index contributed by atoms with van der Waals surface area (Å²) in [6.45, 7) is 7.28. The summed E-state index contributed by atoms with van der Waals surface area (Å²) in [5.74, 6) is 0. The van der Waals surface area contributed by atoms with Crippen LogP contribution in [0.2, 0.25) is 0 Å². The first-order chi connectivity index (χ1) is 8.22. The van der Waals surface area contributed by atoms with E-state index in [1.807, 2.05) is 25.0 Å². The number of aromatic nitrogens is 2. The Bertz CT molecular complexity index is 298. The maximum Gasteiger partial charge on any atom is 0.0593 e. The Morgan fingerprint density at radius 3 is 2.88 bits per heavy atom. The Kier molecular flexibility index (Phi) is 6.84. The third-order valence-corrected chi connectivity index (χ3v) is 2.45. The van der Waals surface area contributed by atoms with Crippen LogP contribution in [0.1, 0.15) is 12.5 Å². The lowest BCUT2D eigenvalue weighted by Gasteiger charge is -2.09. The van der Waals surface area contributed by atoms with Crippen LogP contribution in [0.5, 0.6) is 0 Å². The molecular formula is C12H24N4O. The molecule has 0 aliphatic carbocycles. The number of hydrogen-bond acceptors (Lipinski definition) is 4. The molecule has 0 atom stereocenters. The maximum atomic E-state index is 5.48. The Balaban J connectivity index is 1.97. The molecule has 1 aromatic heterocycles. The highest BCUT2D eigenvalue weighted by Gasteiger charge is 1.96. The lowest BCUT2D eigenvalue weighted by Crippen LogP contribution is -2.22. The van der Waals surface area contributed by atoms with Crippen molar-refractivity contribution in [3.05, 3.63) is 18.0 Å². The second-order valence-corrected chi connectivity index (χ2v) is 4.30. The van der Waals surface area contributed by atoms with Gasteiger partial charge in [0.1, 0.15) is 0 Å². The van der Waals surface area contributed by atoms with Gasteiger partial charge in [0.05, 0.1) is 19.4 Å². The lowest BCUT2D eigenvalue weighted by molar-refractivity contribution is 0.119. The molecule has 1 aromatic rings. The molecule has 5 heteroatoms. The van der Waals surface area contributed by atoms with Crippen LogP contribution in [0.15, 0.2) is 12.4 Å². The largest absolute Gasteiger partial charge is 0.379 e. The molecular weight excluding hydrogens is 216 g/mol. The number of rotatable bonds is 9. The number of nitrogens with one attached hydrogen (secondary N) is 1. The zero-order valence-corrected chi connectivity index (χ0v) is 11.1. The van der Waals surface area contributed by atoms with E-state index in [9.17, 15) is 0 Å². The molecule has 17 heavy (non-hydrogen) atoms. The molecule has 0 saturated carbocycles. The van der Waals surface area contributed by atoms with Gasteiger partial charge in [0.2, 0.25) is 0 Å². The Morgan fingerprint density at radius 1 is 1.41 bits per heavy atom. The van der Waals surface area contributed by atoms with Crippen LogP contribution >= 0.6 is 0 Å². The zero-order valence-electron chi connectivity index (χ0n) is 11.1. The van der Waals surface area contributed by atoms with E-state index in [0.29, 0.717) is 0 Å². The van der Waals surface area contributed by atoms with E-state index >= 15 is 0 Å². The first-order valence-electron chi connectivity index (χ1n) is 6.17. The fourth-order valence-electron chi connectivity index (χ4n) is 1.40. The van der Waals surface area contributed by atoms with Gasteiger partial charge in [-0.1, -0.05) is 0 Å². The topological polar surface area (TPSA) is 42.3 Å². The van der Waals surface area contributed by atoms with Crippen LogP contribution in [0.4, 0.5) is 0 Å². The molecule has 1 rings (SSSR count). The van der Waals surface area contributed by atoms with Crippen LogP contribution in [-0.2, 0) is 17.8 Å². The first-order valence-corrected chi connectivity index (χ1v) is 6.17. The number of likely N-dealkylation sites (N-methyl/N-ethyl adjacent to an activating group) is 1. The summed E-state index contributed by atoms with van der Waals surface area (Å²) in [5.41, 5.74) is 1.22. The molecule has 0 fully saturated rings. The van der Waals surface area contributed by atoms with E-state index in [-0.39, 0.29) is 0 Å². The third kappa shape index (κ3) is 6.41. The first kappa shape index (κ1) is 14.2. The highest BCUT2D eigenvalue weighted by Crippen LogP contribution is 1.96. The lowest BCUT2D eigenvalue weighted by atomic mass is 10.3. The quantitative estimate of drug-likeness (QED) is 0.641. The van der Waals surface area contributed by atoms with Gasteiger partial charge >= 0.3 is 0 Å². The molecule has 1 heterocycles. The Morgan fingerprint density at radius 2 is 2.24 bits per heavy atom. The van der Waals surface area contributed by atoms with Gasteiger partial charge in [-0.05, 0) is 21.0 Å². The van der Waals surface area contributed by atoms with E-state index in [1.54, 1.807) is 0 Å². The smallest absolute Gasteiger partial charge is 0.0593 e. The molecule has 0 bridgehead atoms. The van der Waals surface area contributed by atoms with Crippen LogP contribution in [0.25, 0.3) is 0 Å². The van der Waals surface area contributed by atoms with E-state index in [0.717, 1.165) is 39.4 Å². The van der Waals surface area contributed by atoms with Crippen molar-refractivity contribution in [2.75, 3.05) is 40.4 Å². The summed E-state index contributed by atoms with van der Waals surface area (Å²) in [5, 5.41) is 7.56. The number of aryl methyl sites for hydroxylation is 1. The van der Waals surface area contributed by atoms with Crippen molar-refractivity contribution in [2.45, 2.75) is 20.0 Å². The number of hydrogen-bond donors (Lipinski definition) is 1. The summed E-state index contributed by atoms with van der Waals surface area (Å²) >= 11 is 0. The monoisotopic (exact) mass is 240 g/mol. The molecule has 1 N–H and O–H groups in total. The van der Waals surface area contributed by atoms with Gasteiger partial charge in [-0.2, -0.15) is 5.10 Å². The SMILES string of the molecule is CCn1cc(CNCCOCCN(C)C)cn1. The Hall–Kier alpha value is -0.910. The van der Waals surface area contributed by atoms with E-state index < -0.39 is 0 Å². The summed E-state index contributed by atoms with van der Waals surface area (Å²) in [7, 11) is 4.10. The molecule has 0 aliphatic heterocycles. The second kappa shape index (κ2) is 8.22. The Labute approximate surface area is 104 Å². The van der Waals surface area contributed by atoms with Crippen molar-refractivity contribution in [1.29, 1.82) is 0 Å². The summed E-state index contributed by atoms with van der Waals surface area (Å²) in [4.78, 5) is 2.12. The van der Waals surface area contributed by atoms with Gasteiger partial charge < -0.3 is 15.0 Å². The van der Waals surface area contributed by atoms with Crippen molar-refractivity contribution in [2.24, 2.45) is 0 Å². The van der Waals surface area contributed by atoms with Crippen molar-refractivity contribution < 1.29 is 4.74 Å². The van der Waals surface area contributed by atoms with Gasteiger partial charge in [0.15, 0.2) is 0 Å². The number of nitrogens with zero attached hydrogens (tertiary/aromatic N) is 3. The molecule has 0 spiro atoms. The van der Waals surface area contributed by atoms with Gasteiger partial charge in [0, 0.05) is 37.9 Å². The molecule has 0 amide bonds. The minimum atomic E-state index is 0.760. The van der Waals surface area contributed by atoms with Crippen molar-refractivity contribution in [3.8, 4) is 0 Å². The molecule has 0 aliphatic rings.